The maximum absolute atomic E-state index is 14.1. The fraction of sp³-hybridized carbons (Fsp3) is 0.463. The third-order valence-corrected chi connectivity index (χ3v) is 10.1. The zero-order valence-corrected chi connectivity index (χ0v) is 35.2. The number of aliphatic carboxylic acids is 1. The number of thioether (sulfide) groups is 1. The molecule has 3 aromatic rings. The smallest absolute Gasteiger partial charge is 0.305 e. The summed E-state index contributed by atoms with van der Waals surface area (Å²) in [6.07, 6.45) is 3.06. The molecule has 19 nitrogen and oxygen atoms in total. The minimum atomic E-state index is -1.61. The van der Waals surface area contributed by atoms with E-state index in [1.807, 2.05) is 44.4 Å². The summed E-state index contributed by atoms with van der Waals surface area (Å²) in [5.41, 5.74) is 13.2. The van der Waals surface area contributed by atoms with Crippen LogP contribution in [0.2, 0.25) is 0 Å². The van der Waals surface area contributed by atoms with Gasteiger partial charge in [-0.05, 0) is 48.0 Å². The molecule has 2 aromatic carbocycles. The van der Waals surface area contributed by atoms with Gasteiger partial charge in [0.25, 0.3) is 0 Å². The van der Waals surface area contributed by atoms with E-state index >= 15 is 0 Å². The van der Waals surface area contributed by atoms with E-state index in [0.717, 1.165) is 10.9 Å². The molecule has 0 bridgehead atoms. The molecule has 0 aliphatic carbocycles. The van der Waals surface area contributed by atoms with Gasteiger partial charge in [0, 0.05) is 42.9 Å². The van der Waals surface area contributed by atoms with Crippen molar-refractivity contribution in [1.29, 1.82) is 0 Å². The molecule has 1 aromatic heterocycles. The number of benzene rings is 2. The highest BCUT2D eigenvalue weighted by molar-refractivity contribution is 7.98. The highest BCUT2D eigenvalue weighted by Crippen LogP contribution is 2.19. The van der Waals surface area contributed by atoms with Crippen LogP contribution in [0.4, 0.5) is 0 Å². The first-order valence-electron chi connectivity index (χ1n) is 19.8. The number of amides is 7. The number of carbonyl (C=O) groups is 8. The monoisotopic (exact) mass is 867 g/mol. The van der Waals surface area contributed by atoms with Crippen molar-refractivity contribution in [3.63, 3.8) is 0 Å². The molecule has 13 N–H and O–H groups in total. The molecule has 0 fully saturated rings. The SMILES string of the molecule is CSCC[C@H](NC(=O)[C@H](CC(C)C)NC(=O)CCNC(=O)[C@H](Cc1c[nH]c2ccccc12)NC(=O)[C@H](Cc1ccccc1)NC(=O)[C@H](CO)NC(=O)[C@@H](N)CC(=O)O)C(N)=O. The summed E-state index contributed by atoms with van der Waals surface area (Å²) >= 11 is 1.49. The Morgan fingerprint density at radius 2 is 1.33 bits per heavy atom. The molecule has 3 rings (SSSR count). The second-order valence-electron chi connectivity index (χ2n) is 14.9. The third kappa shape index (κ3) is 16.5. The van der Waals surface area contributed by atoms with E-state index in [0.29, 0.717) is 23.3 Å². The normalized spacial score (nSPS) is 14.1. The Hall–Kier alpha value is -5.99. The lowest BCUT2D eigenvalue weighted by molar-refractivity contribution is -0.140. The van der Waals surface area contributed by atoms with Crippen LogP contribution < -0.4 is 43.4 Å². The van der Waals surface area contributed by atoms with Gasteiger partial charge in [0.1, 0.15) is 30.2 Å². The number of carboxylic acid groups (broad SMARTS) is 1. The van der Waals surface area contributed by atoms with E-state index in [1.165, 1.54) is 11.8 Å². The van der Waals surface area contributed by atoms with Crippen LogP contribution in [0.1, 0.15) is 50.7 Å². The summed E-state index contributed by atoms with van der Waals surface area (Å²) in [4.78, 5) is 106. The van der Waals surface area contributed by atoms with E-state index in [-0.39, 0.29) is 38.1 Å². The van der Waals surface area contributed by atoms with Crippen LogP contribution in [-0.2, 0) is 51.2 Å². The van der Waals surface area contributed by atoms with Gasteiger partial charge in [-0.1, -0.05) is 62.4 Å². The Morgan fingerprint density at radius 1 is 0.738 bits per heavy atom. The predicted molar refractivity (Wildman–Crippen MR) is 228 cm³/mol. The number of aromatic amines is 1. The number of aromatic nitrogens is 1. The van der Waals surface area contributed by atoms with Crippen molar-refractivity contribution < 1.29 is 48.6 Å². The number of nitrogens with two attached hydrogens (primary N) is 2. The van der Waals surface area contributed by atoms with Crippen molar-refractivity contribution in [2.75, 3.05) is 25.2 Å². The van der Waals surface area contributed by atoms with Crippen LogP contribution in [0.25, 0.3) is 10.9 Å². The number of carbonyl (C=O) groups excluding carboxylic acids is 7. The summed E-state index contributed by atoms with van der Waals surface area (Å²) in [6, 6.07) is 8.31. The molecule has 0 spiro atoms. The number of nitrogens with one attached hydrogen (secondary N) is 7. The molecule has 6 atom stereocenters. The van der Waals surface area contributed by atoms with Gasteiger partial charge in [-0.25, -0.2) is 0 Å². The molecular weight excluding hydrogens is 811 g/mol. The molecule has 20 heteroatoms. The average molecular weight is 868 g/mol. The van der Waals surface area contributed by atoms with E-state index in [1.54, 1.807) is 36.5 Å². The minimum Gasteiger partial charge on any atom is -0.481 e. The Kier molecular flexibility index (Phi) is 20.2. The topological polar surface area (TPSA) is 317 Å². The molecule has 0 radical (unpaired) electrons. The summed E-state index contributed by atoms with van der Waals surface area (Å²) in [5, 5.41) is 35.2. The van der Waals surface area contributed by atoms with E-state index in [2.05, 4.69) is 36.9 Å². The van der Waals surface area contributed by atoms with Gasteiger partial charge in [-0.2, -0.15) is 11.8 Å². The summed E-state index contributed by atoms with van der Waals surface area (Å²) in [5.74, 6) is -6.05. The van der Waals surface area contributed by atoms with Gasteiger partial charge in [0.15, 0.2) is 0 Å². The molecule has 0 saturated heterocycles. The Morgan fingerprint density at radius 3 is 1.95 bits per heavy atom. The zero-order valence-electron chi connectivity index (χ0n) is 34.4. The molecule has 7 amide bonds. The van der Waals surface area contributed by atoms with Gasteiger partial charge in [-0.3, -0.25) is 38.4 Å². The molecule has 0 unspecified atom stereocenters. The van der Waals surface area contributed by atoms with Crippen molar-refractivity contribution in [3.8, 4) is 0 Å². The summed E-state index contributed by atoms with van der Waals surface area (Å²) in [7, 11) is 0. The first kappa shape index (κ1) is 49.4. The fourth-order valence-corrected chi connectivity index (χ4v) is 6.74. The second-order valence-corrected chi connectivity index (χ2v) is 15.8. The number of hydrogen-bond donors (Lipinski definition) is 11. The first-order chi connectivity index (χ1) is 29.0. The van der Waals surface area contributed by atoms with E-state index in [4.69, 9.17) is 16.6 Å². The molecule has 61 heavy (non-hydrogen) atoms. The lowest BCUT2D eigenvalue weighted by atomic mass is 10.0. The summed E-state index contributed by atoms with van der Waals surface area (Å²) in [6.45, 7) is 2.64. The number of para-hydroxylation sites is 1. The van der Waals surface area contributed by atoms with E-state index in [9.17, 15) is 43.5 Å². The maximum Gasteiger partial charge on any atom is 0.305 e. The van der Waals surface area contributed by atoms with Crippen molar-refractivity contribution in [1.82, 2.24) is 36.9 Å². The lowest BCUT2D eigenvalue weighted by Gasteiger charge is -2.25. The van der Waals surface area contributed by atoms with Crippen LogP contribution in [0.5, 0.6) is 0 Å². The van der Waals surface area contributed by atoms with Gasteiger partial charge in [-0.15, -0.1) is 0 Å². The molecule has 332 valence electrons. The fourth-order valence-electron chi connectivity index (χ4n) is 6.27. The first-order valence-corrected chi connectivity index (χ1v) is 21.2. The number of carboxylic acids is 1. The number of fused-ring (bicyclic) bond motifs is 1. The number of aliphatic hydroxyl groups excluding tert-OH is 1. The number of rotatable bonds is 26. The van der Waals surface area contributed by atoms with Crippen LogP contribution in [0.15, 0.2) is 60.8 Å². The predicted octanol–water partition coefficient (Wildman–Crippen LogP) is -1.04. The van der Waals surface area contributed by atoms with Gasteiger partial charge in [0.2, 0.25) is 41.4 Å². The highest BCUT2D eigenvalue weighted by atomic mass is 32.2. The van der Waals surface area contributed by atoms with Gasteiger partial charge < -0.3 is 58.6 Å². The number of H-pyrrole nitrogens is 1. The van der Waals surface area contributed by atoms with Crippen molar-refractivity contribution in [2.24, 2.45) is 17.4 Å². The van der Waals surface area contributed by atoms with Gasteiger partial charge in [0.05, 0.1) is 19.1 Å². The molecule has 0 aliphatic heterocycles. The van der Waals surface area contributed by atoms with Crippen molar-refractivity contribution >= 4 is 70.0 Å². The molecule has 1 heterocycles. The second kappa shape index (κ2) is 24.9. The Labute approximate surface area is 357 Å². The quantitative estimate of drug-likeness (QED) is 0.0461. The largest absolute Gasteiger partial charge is 0.481 e. The standard InChI is InChI=1S/C41H57N9O10S/c1-23(2)17-30(39(58)47-29(36(43)55)14-16-61-3)46-34(52)13-15-44-38(57)32(19-25-21-45-28-12-8-7-11-26(25)28)49-40(59)31(18-24-9-5-4-6-10-24)48-41(60)33(22-51)50-37(56)27(42)20-35(53)54/h4-12,21,23,27,29-33,45,51H,13-20,22,42H2,1-3H3,(H2,43,55)(H,44,57)(H,46,52)(H,47,58)(H,48,60)(H,49,59)(H,50,56)(H,53,54)/t27-,29-,30-,31-,32-,33-/m0/s1. The van der Waals surface area contributed by atoms with Crippen LogP contribution in [-0.4, -0.2) is 124 Å². The zero-order chi connectivity index (χ0) is 45.1. The minimum absolute atomic E-state index is 0.00578. The van der Waals surface area contributed by atoms with E-state index < -0.39 is 96.6 Å². The van der Waals surface area contributed by atoms with Gasteiger partial charge >= 0.3 is 5.97 Å². The average Bonchev–Trinajstić information content (AvgIpc) is 3.62. The highest BCUT2D eigenvalue weighted by Gasteiger charge is 2.32. The number of primary amides is 1. The Balaban J connectivity index is 1.80. The Bertz CT molecular complexity index is 1980. The van der Waals surface area contributed by atoms with Crippen LogP contribution >= 0.6 is 11.8 Å². The third-order valence-electron chi connectivity index (χ3n) is 9.48. The molecule has 0 aliphatic rings. The van der Waals surface area contributed by atoms with Crippen LogP contribution in [0.3, 0.4) is 0 Å². The number of hydrogen-bond acceptors (Lipinski definition) is 11. The van der Waals surface area contributed by atoms with Crippen LogP contribution in [0, 0.1) is 5.92 Å². The van der Waals surface area contributed by atoms with Crippen molar-refractivity contribution in [3.05, 3.63) is 71.9 Å². The maximum atomic E-state index is 14.1. The number of aliphatic hydroxyl groups is 1. The lowest BCUT2D eigenvalue weighted by Crippen LogP contribution is -2.59. The summed E-state index contributed by atoms with van der Waals surface area (Å²) < 4.78 is 0. The molecular formula is C41H57N9O10S. The van der Waals surface area contributed by atoms with Crippen molar-refractivity contribution in [2.45, 2.75) is 88.6 Å². The molecule has 0 saturated carbocycles.